The lowest BCUT2D eigenvalue weighted by atomic mass is 10.1. The molecule has 7 heteroatoms. The smallest absolute Gasteiger partial charge is 0.323 e. The van der Waals surface area contributed by atoms with E-state index in [1.54, 1.807) is 6.07 Å². The van der Waals surface area contributed by atoms with E-state index >= 15 is 0 Å². The van der Waals surface area contributed by atoms with Crippen LogP contribution in [0.15, 0.2) is 18.2 Å². The Hall–Kier alpha value is -1.30. The highest BCUT2D eigenvalue weighted by Crippen LogP contribution is 2.24. The van der Waals surface area contributed by atoms with Gasteiger partial charge in [0.1, 0.15) is 6.54 Å². The van der Waals surface area contributed by atoms with Crippen LogP contribution in [0.5, 0.6) is 0 Å². The van der Waals surface area contributed by atoms with E-state index in [1.165, 1.54) is 11.8 Å². The monoisotopic (exact) mass is 372 g/mol. The van der Waals surface area contributed by atoms with Gasteiger partial charge in [-0.2, -0.15) is 0 Å². The summed E-state index contributed by atoms with van der Waals surface area (Å²) in [6.07, 6.45) is 2.52. The summed E-state index contributed by atoms with van der Waals surface area (Å²) in [5.41, 5.74) is 1.09. The van der Waals surface area contributed by atoms with Crippen molar-refractivity contribution in [1.82, 2.24) is 9.80 Å². The van der Waals surface area contributed by atoms with Gasteiger partial charge in [0.05, 0.1) is 10.0 Å². The van der Waals surface area contributed by atoms with Crippen LogP contribution < -0.4 is 0 Å². The summed E-state index contributed by atoms with van der Waals surface area (Å²) in [5, 5.41) is 10.1. The molecule has 132 valence electrons. The summed E-state index contributed by atoms with van der Waals surface area (Å²) >= 11 is 12.0. The summed E-state index contributed by atoms with van der Waals surface area (Å²) < 4.78 is 0. The topological polar surface area (TPSA) is 60.9 Å². The zero-order valence-corrected chi connectivity index (χ0v) is 15.2. The first-order valence-electron chi connectivity index (χ1n) is 8.02. The third kappa shape index (κ3) is 5.36. The van der Waals surface area contributed by atoms with Crippen molar-refractivity contribution in [2.45, 2.75) is 38.8 Å². The zero-order valence-electron chi connectivity index (χ0n) is 13.7. The fourth-order valence-electron chi connectivity index (χ4n) is 3.15. The Balaban J connectivity index is 1.97. The molecule has 1 aromatic carbocycles. The molecule has 1 aliphatic rings. The number of benzene rings is 1. The molecule has 0 radical (unpaired) electrons. The van der Waals surface area contributed by atoms with Crippen LogP contribution in [0.3, 0.4) is 0 Å². The average molecular weight is 373 g/mol. The highest BCUT2D eigenvalue weighted by molar-refractivity contribution is 6.42. The number of carboxylic acid groups (broad SMARTS) is 1. The maximum absolute atomic E-state index is 11.8. The number of hydrogen-bond donors (Lipinski definition) is 1. The number of rotatable bonds is 5. The fourth-order valence-corrected chi connectivity index (χ4v) is 3.47. The highest BCUT2D eigenvalue weighted by Gasteiger charge is 2.26. The standard InChI is InChI=1S/C17H22Cl2N2O3/c1-12(22)21(11-17(23)24)14-3-2-7-20(8-6-14)10-13-4-5-15(18)16(19)9-13/h4-5,9,14H,2-3,6-8,10-11H2,1H3,(H,23,24). The van der Waals surface area contributed by atoms with E-state index in [0.29, 0.717) is 10.0 Å². The molecule has 1 amide bonds. The number of aliphatic carboxylic acids is 1. The minimum Gasteiger partial charge on any atom is -0.480 e. The Morgan fingerprint density at radius 2 is 2.00 bits per heavy atom. The second-order valence-corrected chi connectivity index (χ2v) is 6.96. The minimum absolute atomic E-state index is 0.0163. The first-order valence-corrected chi connectivity index (χ1v) is 8.77. The van der Waals surface area contributed by atoms with Gasteiger partial charge in [-0.1, -0.05) is 29.3 Å². The second kappa shape index (κ2) is 8.70. The van der Waals surface area contributed by atoms with Gasteiger partial charge in [0.2, 0.25) is 5.91 Å². The fraction of sp³-hybridized carbons (Fsp3) is 0.529. The van der Waals surface area contributed by atoms with Gasteiger partial charge >= 0.3 is 5.97 Å². The third-order valence-electron chi connectivity index (χ3n) is 4.33. The Morgan fingerprint density at radius 3 is 2.62 bits per heavy atom. The predicted molar refractivity (Wildman–Crippen MR) is 94.4 cm³/mol. The summed E-state index contributed by atoms with van der Waals surface area (Å²) in [7, 11) is 0. The van der Waals surface area contributed by atoms with Gasteiger partial charge in [0, 0.05) is 26.1 Å². The molecule has 5 nitrogen and oxygen atoms in total. The number of carbonyl (C=O) groups excluding carboxylic acids is 1. The first kappa shape index (κ1) is 19.0. The lowest BCUT2D eigenvalue weighted by Crippen LogP contribution is -2.42. The normalized spacial score (nSPS) is 18.9. The molecule has 0 aromatic heterocycles. The second-order valence-electron chi connectivity index (χ2n) is 6.15. The van der Waals surface area contributed by atoms with Crippen LogP contribution >= 0.6 is 23.2 Å². The first-order chi connectivity index (χ1) is 11.4. The van der Waals surface area contributed by atoms with Crippen molar-refractivity contribution >= 4 is 35.1 Å². The Bertz CT molecular complexity index is 609. The maximum atomic E-state index is 11.8. The Labute approximate surface area is 152 Å². The molecule has 1 fully saturated rings. The molecule has 1 N–H and O–H groups in total. The van der Waals surface area contributed by atoms with Gasteiger partial charge in [-0.15, -0.1) is 0 Å². The van der Waals surface area contributed by atoms with Crippen LogP contribution in [-0.4, -0.2) is 52.5 Å². The molecular formula is C17H22Cl2N2O3. The summed E-state index contributed by atoms with van der Waals surface area (Å²) in [6, 6.07) is 5.61. The van der Waals surface area contributed by atoms with Crippen LogP contribution in [0.2, 0.25) is 10.0 Å². The molecule has 0 aliphatic carbocycles. The summed E-state index contributed by atoms with van der Waals surface area (Å²) in [4.78, 5) is 26.5. The van der Waals surface area contributed by atoms with Crippen LogP contribution in [-0.2, 0) is 16.1 Å². The number of nitrogens with zero attached hydrogens (tertiary/aromatic N) is 2. The summed E-state index contributed by atoms with van der Waals surface area (Å²) in [6.45, 7) is 3.70. The molecule has 1 aromatic rings. The Kier molecular flexibility index (Phi) is 6.90. The third-order valence-corrected chi connectivity index (χ3v) is 5.07. The SMILES string of the molecule is CC(=O)N(CC(=O)O)C1CCCN(Cc2ccc(Cl)c(Cl)c2)CC1. The molecule has 1 atom stereocenters. The molecular weight excluding hydrogens is 351 g/mol. The van der Waals surface area contributed by atoms with Crippen LogP contribution in [0, 0.1) is 0 Å². The van der Waals surface area contributed by atoms with Crippen LogP contribution in [0.25, 0.3) is 0 Å². The molecule has 0 bridgehead atoms. The van der Waals surface area contributed by atoms with Crippen molar-refractivity contribution < 1.29 is 14.7 Å². The largest absolute Gasteiger partial charge is 0.480 e. The van der Waals surface area contributed by atoms with Gasteiger partial charge in [-0.3, -0.25) is 14.5 Å². The van der Waals surface area contributed by atoms with E-state index in [4.69, 9.17) is 28.3 Å². The molecule has 24 heavy (non-hydrogen) atoms. The molecule has 0 spiro atoms. The van der Waals surface area contributed by atoms with E-state index in [0.717, 1.165) is 44.5 Å². The van der Waals surface area contributed by atoms with Crippen molar-refractivity contribution in [2.75, 3.05) is 19.6 Å². The molecule has 1 aliphatic heterocycles. The van der Waals surface area contributed by atoms with E-state index in [2.05, 4.69) is 4.90 Å². The van der Waals surface area contributed by atoms with Crippen molar-refractivity contribution in [2.24, 2.45) is 0 Å². The number of hydrogen-bond acceptors (Lipinski definition) is 3. The minimum atomic E-state index is -0.970. The van der Waals surface area contributed by atoms with Gasteiger partial charge in [0.15, 0.2) is 0 Å². The van der Waals surface area contributed by atoms with Crippen molar-refractivity contribution in [1.29, 1.82) is 0 Å². The van der Waals surface area contributed by atoms with E-state index in [-0.39, 0.29) is 18.5 Å². The lowest BCUT2D eigenvalue weighted by Gasteiger charge is -2.29. The predicted octanol–water partition coefficient (Wildman–Crippen LogP) is 3.28. The average Bonchev–Trinajstić information content (AvgIpc) is 2.74. The van der Waals surface area contributed by atoms with Crippen molar-refractivity contribution in [3.63, 3.8) is 0 Å². The van der Waals surface area contributed by atoms with Crippen LogP contribution in [0.1, 0.15) is 31.7 Å². The number of carbonyl (C=O) groups is 2. The molecule has 1 unspecified atom stereocenters. The van der Waals surface area contributed by atoms with Gasteiger partial charge in [-0.25, -0.2) is 0 Å². The Morgan fingerprint density at radius 1 is 1.25 bits per heavy atom. The molecule has 0 saturated carbocycles. The quantitative estimate of drug-likeness (QED) is 0.861. The van der Waals surface area contributed by atoms with Gasteiger partial charge in [0.25, 0.3) is 0 Å². The van der Waals surface area contributed by atoms with Gasteiger partial charge < -0.3 is 10.0 Å². The number of halogens is 2. The number of likely N-dealkylation sites (tertiary alicyclic amines) is 1. The highest BCUT2D eigenvalue weighted by atomic mass is 35.5. The summed E-state index contributed by atoms with van der Waals surface area (Å²) in [5.74, 6) is -1.15. The van der Waals surface area contributed by atoms with E-state index in [9.17, 15) is 9.59 Å². The van der Waals surface area contributed by atoms with E-state index in [1.807, 2.05) is 12.1 Å². The van der Waals surface area contributed by atoms with Crippen molar-refractivity contribution in [3.05, 3.63) is 33.8 Å². The molecule has 1 saturated heterocycles. The lowest BCUT2D eigenvalue weighted by molar-refractivity contribution is -0.145. The zero-order chi connectivity index (χ0) is 17.7. The maximum Gasteiger partial charge on any atom is 0.323 e. The molecule has 2 rings (SSSR count). The van der Waals surface area contributed by atoms with Crippen LogP contribution in [0.4, 0.5) is 0 Å². The number of amides is 1. The van der Waals surface area contributed by atoms with Gasteiger partial charge in [-0.05, 0) is 43.5 Å². The number of carboxylic acids is 1. The van der Waals surface area contributed by atoms with E-state index < -0.39 is 5.97 Å². The van der Waals surface area contributed by atoms with Crippen molar-refractivity contribution in [3.8, 4) is 0 Å². The molecule has 1 heterocycles.